The molecule has 4 aromatic heterocycles. The van der Waals surface area contributed by atoms with Crippen LogP contribution in [0.5, 0.6) is 11.5 Å². The molecule has 11 heteroatoms. The monoisotopic (exact) mass is 464 g/mol. The molecule has 5 rings (SSSR count). The minimum absolute atomic E-state index is 0.697. The lowest BCUT2D eigenvalue weighted by Crippen LogP contribution is -1.91. The van der Waals surface area contributed by atoms with Crippen LogP contribution in [0.2, 0.25) is 0 Å². The highest BCUT2D eigenvalue weighted by molar-refractivity contribution is 9.11. The molecule has 5 aromatic rings. The van der Waals surface area contributed by atoms with E-state index in [4.69, 9.17) is 9.47 Å². The number of rotatable bonds is 3. The van der Waals surface area contributed by atoms with E-state index in [0.29, 0.717) is 11.5 Å². The zero-order valence-corrected chi connectivity index (χ0v) is 17.5. The molecular weight excluding hydrogens is 452 g/mol. The maximum absolute atomic E-state index is 5.28. The van der Waals surface area contributed by atoms with Crippen molar-refractivity contribution in [3.8, 4) is 22.1 Å². The van der Waals surface area contributed by atoms with Gasteiger partial charge in [-0.3, -0.25) is 0 Å². The average molecular weight is 465 g/mol. The molecule has 8 nitrogen and oxygen atoms in total. The van der Waals surface area contributed by atoms with Gasteiger partial charge < -0.3 is 9.47 Å². The smallest absolute Gasteiger partial charge is 0.212 e. The van der Waals surface area contributed by atoms with Crippen molar-refractivity contribution >= 4 is 48.5 Å². The Labute approximate surface area is 170 Å². The third-order valence-corrected chi connectivity index (χ3v) is 5.91. The van der Waals surface area contributed by atoms with E-state index >= 15 is 0 Å². The molecular formula is C16H13BrN6O2S2. The first-order valence-corrected chi connectivity index (χ1v) is 10.1. The number of benzene rings is 1. The van der Waals surface area contributed by atoms with Gasteiger partial charge in [0.05, 0.1) is 26.6 Å². The highest BCUT2D eigenvalue weighted by Crippen LogP contribution is 2.33. The molecule has 138 valence electrons. The fourth-order valence-corrected chi connectivity index (χ4v) is 4.38. The summed E-state index contributed by atoms with van der Waals surface area (Å²) in [6.45, 7) is 0. The van der Waals surface area contributed by atoms with Gasteiger partial charge >= 0.3 is 0 Å². The van der Waals surface area contributed by atoms with Crippen molar-refractivity contribution in [2.75, 3.05) is 14.2 Å². The standard InChI is InChI=1S/C12H11N3O2S.C4H2BrN3S/c1-16-9-4-3-8(7-10(9)17-2)11-14-15-6-5-13-12(15)18-11;5-3-7-8-2-1-6-4(8)9-3/h3-7H,1-2H3;1-2H. The summed E-state index contributed by atoms with van der Waals surface area (Å²) in [5.41, 5.74) is 0.989. The van der Waals surface area contributed by atoms with Gasteiger partial charge in [0.2, 0.25) is 9.92 Å². The second kappa shape index (κ2) is 7.62. The van der Waals surface area contributed by atoms with Crippen molar-refractivity contribution in [1.82, 2.24) is 29.2 Å². The fourth-order valence-electron chi connectivity index (χ4n) is 2.34. The molecule has 0 aliphatic rings. The molecule has 0 unspecified atom stereocenters. The van der Waals surface area contributed by atoms with Gasteiger partial charge in [-0.05, 0) is 34.1 Å². The summed E-state index contributed by atoms with van der Waals surface area (Å²) < 4.78 is 14.9. The summed E-state index contributed by atoms with van der Waals surface area (Å²) in [6, 6.07) is 5.75. The quantitative estimate of drug-likeness (QED) is 0.401. The zero-order chi connectivity index (χ0) is 18.8. The van der Waals surface area contributed by atoms with Gasteiger partial charge in [-0.1, -0.05) is 22.7 Å². The Morgan fingerprint density at radius 3 is 2.19 bits per heavy atom. The van der Waals surface area contributed by atoms with E-state index in [0.717, 1.165) is 24.4 Å². The van der Waals surface area contributed by atoms with E-state index in [9.17, 15) is 0 Å². The number of hydrogen-bond acceptors (Lipinski definition) is 8. The Kier molecular flexibility index (Phi) is 5.05. The van der Waals surface area contributed by atoms with E-state index in [1.54, 1.807) is 35.6 Å². The lowest BCUT2D eigenvalue weighted by Gasteiger charge is -2.07. The lowest BCUT2D eigenvalue weighted by molar-refractivity contribution is 0.355. The zero-order valence-electron chi connectivity index (χ0n) is 14.2. The van der Waals surface area contributed by atoms with Crippen LogP contribution in [-0.4, -0.2) is 43.4 Å². The van der Waals surface area contributed by atoms with E-state index < -0.39 is 0 Å². The second-order valence-electron chi connectivity index (χ2n) is 5.14. The van der Waals surface area contributed by atoms with Crippen molar-refractivity contribution in [3.05, 3.63) is 46.9 Å². The van der Waals surface area contributed by atoms with Gasteiger partial charge in [0.25, 0.3) is 0 Å². The molecule has 27 heavy (non-hydrogen) atoms. The van der Waals surface area contributed by atoms with E-state index in [2.05, 4.69) is 36.1 Å². The molecule has 0 amide bonds. The number of halogens is 1. The van der Waals surface area contributed by atoms with Crippen molar-refractivity contribution in [1.29, 1.82) is 0 Å². The maximum atomic E-state index is 5.28. The van der Waals surface area contributed by atoms with Crippen LogP contribution >= 0.6 is 38.6 Å². The minimum Gasteiger partial charge on any atom is -0.493 e. The molecule has 0 saturated carbocycles. The van der Waals surface area contributed by atoms with Gasteiger partial charge in [-0.2, -0.15) is 5.10 Å². The highest BCUT2D eigenvalue weighted by Gasteiger charge is 2.10. The van der Waals surface area contributed by atoms with Gasteiger partial charge in [0.1, 0.15) is 5.01 Å². The summed E-state index contributed by atoms with van der Waals surface area (Å²) in [5.74, 6) is 1.41. The molecule has 0 aliphatic heterocycles. The van der Waals surface area contributed by atoms with Crippen molar-refractivity contribution < 1.29 is 9.47 Å². The van der Waals surface area contributed by atoms with E-state index in [-0.39, 0.29) is 0 Å². The predicted molar refractivity (Wildman–Crippen MR) is 108 cm³/mol. The van der Waals surface area contributed by atoms with Crippen LogP contribution in [0, 0.1) is 0 Å². The normalized spacial score (nSPS) is 10.8. The van der Waals surface area contributed by atoms with Crippen LogP contribution in [0.1, 0.15) is 0 Å². The first-order valence-electron chi connectivity index (χ1n) is 7.66. The number of imidazole rings is 2. The number of aromatic nitrogens is 6. The lowest BCUT2D eigenvalue weighted by atomic mass is 10.2. The molecule has 0 radical (unpaired) electrons. The SMILES string of the molecule is Brc1nn2ccnc2s1.COc1ccc(-c2nn3ccnc3s2)cc1OC. The topological polar surface area (TPSA) is 78.8 Å². The van der Waals surface area contributed by atoms with Gasteiger partial charge in [0, 0.05) is 18.0 Å². The molecule has 0 saturated heterocycles. The van der Waals surface area contributed by atoms with Crippen molar-refractivity contribution in [2.45, 2.75) is 0 Å². The summed E-state index contributed by atoms with van der Waals surface area (Å²) in [5, 5.41) is 9.41. The number of methoxy groups -OCH3 is 2. The first kappa shape index (κ1) is 17.9. The van der Waals surface area contributed by atoms with Crippen LogP contribution in [-0.2, 0) is 0 Å². The molecule has 1 aromatic carbocycles. The Bertz CT molecular complexity index is 1140. The second-order valence-corrected chi connectivity index (χ2v) is 8.33. The first-order chi connectivity index (χ1) is 13.2. The third kappa shape index (κ3) is 3.66. The maximum Gasteiger partial charge on any atom is 0.212 e. The summed E-state index contributed by atoms with van der Waals surface area (Å²) in [6.07, 6.45) is 7.11. The number of hydrogen-bond donors (Lipinski definition) is 0. The van der Waals surface area contributed by atoms with Crippen LogP contribution in [0.3, 0.4) is 0 Å². The number of ether oxygens (including phenoxy) is 2. The predicted octanol–water partition coefficient (Wildman–Crippen LogP) is 4.03. The van der Waals surface area contributed by atoms with Crippen LogP contribution in [0.4, 0.5) is 0 Å². The highest BCUT2D eigenvalue weighted by atomic mass is 79.9. The van der Waals surface area contributed by atoms with Crippen LogP contribution < -0.4 is 9.47 Å². The van der Waals surface area contributed by atoms with E-state index in [1.165, 1.54) is 22.7 Å². The van der Waals surface area contributed by atoms with Gasteiger partial charge in [0.15, 0.2) is 15.4 Å². The van der Waals surface area contributed by atoms with Gasteiger partial charge in [-0.15, -0.1) is 5.10 Å². The van der Waals surface area contributed by atoms with Crippen LogP contribution in [0.15, 0.2) is 46.9 Å². The molecule has 0 fully saturated rings. The number of nitrogens with zero attached hydrogens (tertiary/aromatic N) is 6. The average Bonchev–Trinajstić information content (AvgIpc) is 3.41. The number of fused-ring (bicyclic) bond motifs is 2. The molecule has 0 N–H and O–H groups in total. The van der Waals surface area contributed by atoms with Gasteiger partial charge in [-0.25, -0.2) is 19.0 Å². The summed E-state index contributed by atoms with van der Waals surface area (Å²) in [7, 11) is 3.24. The largest absolute Gasteiger partial charge is 0.493 e. The van der Waals surface area contributed by atoms with E-state index in [1.807, 2.05) is 30.6 Å². The molecule has 0 atom stereocenters. The molecule has 4 heterocycles. The van der Waals surface area contributed by atoms with Crippen molar-refractivity contribution in [2.24, 2.45) is 0 Å². The minimum atomic E-state index is 0.697. The Balaban J connectivity index is 0.000000167. The Morgan fingerprint density at radius 1 is 0.889 bits per heavy atom. The summed E-state index contributed by atoms with van der Waals surface area (Å²) in [4.78, 5) is 10.0. The third-order valence-electron chi connectivity index (χ3n) is 3.56. The summed E-state index contributed by atoms with van der Waals surface area (Å²) >= 11 is 6.30. The molecule has 0 aliphatic carbocycles. The molecule has 0 bridgehead atoms. The van der Waals surface area contributed by atoms with Crippen LogP contribution in [0.25, 0.3) is 20.5 Å². The Hall–Kier alpha value is -2.50. The van der Waals surface area contributed by atoms with Crippen molar-refractivity contribution in [3.63, 3.8) is 0 Å². The molecule has 0 spiro atoms. The fraction of sp³-hybridized carbons (Fsp3) is 0.125. The Morgan fingerprint density at radius 2 is 1.56 bits per heavy atom.